The molecule has 1 aromatic rings. The van der Waals surface area contributed by atoms with Gasteiger partial charge in [0.1, 0.15) is 0 Å². The van der Waals surface area contributed by atoms with Gasteiger partial charge in [-0.25, -0.2) is 0 Å². The summed E-state index contributed by atoms with van der Waals surface area (Å²) < 4.78 is 5.41. The van der Waals surface area contributed by atoms with Gasteiger partial charge in [-0.1, -0.05) is 11.6 Å². The van der Waals surface area contributed by atoms with Crippen LogP contribution in [0, 0.1) is 0 Å². The van der Waals surface area contributed by atoms with E-state index in [0.29, 0.717) is 17.2 Å². The Hall–Kier alpha value is -0.800. The number of halogens is 1. The predicted octanol–water partition coefficient (Wildman–Crippen LogP) is 2.71. The highest BCUT2D eigenvalue weighted by Crippen LogP contribution is 2.27. The van der Waals surface area contributed by atoms with E-state index >= 15 is 0 Å². The molecule has 1 saturated carbocycles. The molecule has 1 aromatic heterocycles. The average Bonchev–Trinajstić information content (AvgIpc) is 2.69. The molecule has 0 amide bonds. The quantitative estimate of drug-likeness (QED) is 0.861. The van der Waals surface area contributed by atoms with Crippen molar-refractivity contribution < 1.29 is 4.74 Å². The zero-order chi connectivity index (χ0) is 10.7. The third kappa shape index (κ3) is 2.41. The fraction of sp³-hybridized carbons (Fsp3) is 0.545. The van der Waals surface area contributed by atoms with Crippen LogP contribution in [0.15, 0.2) is 18.5 Å². The molecule has 0 radical (unpaired) electrons. The van der Waals surface area contributed by atoms with E-state index < -0.39 is 0 Å². The van der Waals surface area contributed by atoms with Crippen LogP contribution in [0.4, 0.5) is 5.69 Å². The van der Waals surface area contributed by atoms with Crippen LogP contribution in [0.2, 0.25) is 5.02 Å². The molecule has 1 aliphatic rings. The highest BCUT2D eigenvalue weighted by molar-refractivity contribution is 6.33. The van der Waals surface area contributed by atoms with Crippen molar-refractivity contribution in [2.75, 3.05) is 12.4 Å². The molecule has 3 nitrogen and oxygen atoms in total. The molecule has 0 aliphatic heterocycles. The van der Waals surface area contributed by atoms with Crippen molar-refractivity contribution in [3.05, 3.63) is 23.5 Å². The van der Waals surface area contributed by atoms with Gasteiger partial charge in [-0.2, -0.15) is 0 Å². The van der Waals surface area contributed by atoms with E-state index in [4.69, 9.17) is 16.3 Å². The molecule has 1 heterocycles. The Kier molecular flexibility index (Phi) is 3.44. The minimum absolute atomic E-state index is 0.300. The van der Waals surface area contributed by atoms with E-state index in [9.17, 15) is 0 Å². The number of nitrogens with zero attached hydrogens (tertiary/aromatic N) is 1. The van der Waals surface area contributed by atoms with Crippen molar-refractivity contribution in [1.29, 1.82) is 0 Å². The number of nitrogens with one attached hydrogen (secondary N) is 1. The number of anilines is 1. The lowest BCUT2D eigenvalue weighted by atomic mass is 10.2. The summed E-state index contributed by atoms with van der Waals surface area (Å²) in [6, 6.07) is 2.27. The van der Waals surface area contributed by atoms with Gasteiger partial charge in [0.15, 0.2) is 0 Å². The third-order valence-electron chi connectivity index (χ3n) is 2.87. The average molecular weight is 227 g/mol. The fourth-order valence-corrected chi connectivity index (χ4v) is 2.24. The van der Waals surface area contributed by atoms with Gasteiger partial charge in [-0.15, -0.1) is 0 Å². The van der Waals surface area contributed by atoms with Crippen LogP contribution in [-0.2, 0) is 4.74 Å². The van der Waals surface area contributed by atoms with E-state index in [0.717, 1.165) is 18.5 Å². The molecular weight excluding hydrogens is 212 g/mol. The lowest BCUT2D eigenvalue weighted by Crippen LogP contribution is -2.29. The Balaban J connectivity index is 2.05. The highest BCUT2D eigenvalue weighted by Gasteiger charge is 2.27. The van der Waals surface area contributed by atoms with Crippen molar-refractivity contribution in [2.24, 2.45) is 0 Å². The van der Waals surface area contributed by atoms with Crippen molar-refractivity contribution in [3.8, 4) is 0 Å². The molecule has 2 atom stereocenters. The normalized spacial score (nSPS) is 25.5. The smallest absolute Gasteiger partial charge is 0.0820 e. The van der Waals surface area contributed by atoms with E-state index in [1.165, 1.54) is 6.42 Å². The Morgan fingerprint density at radius 3 is 3.13 bits per heavy atom. The minimum atomic E-state index is 0.300. The number of ether oxygens (including phenoxy) is 1. The van der Waals surface area contributed by atoms with Crippen LogP contribution in [0.1, 0.15) is 19.3 Å². The Morgan fingerprint density at radius 1 is 1.53 bits per heavy atom. The Morgan fingerprint density at radius 2 is 2.40 bits per heavy atom. The summed E-state index contributed by atoms with van der Waals surface area (Å²) >= 11 is 6.03. The van der Waals surface area contributed by atoms with E-state index in [1.807, 2.05) is 6.07 Å². The minimum Gasteiger partial charge on any atom is -0.379 e. The summed E-state index contributed by atoms with van der Waals surface area (Å²) in [5.74, 6) is 0. The summed E-state index contributed by atoms with van der Waals surface area (Å²) in [4.78, 5) is 3.96. The molecule has 2 rings (SSSR count). The zero-order valence-corrected chi connectivity index (χ0v) is 9.50. The first-order chi connectivity index (χ1) is 7.31. The molecule has 0 spiro atoms. The van der Waals surface area contributed by atoms with Gasteiger partial charge in [0.25, 0.3) is 0 Å². The van der Waals surface area contributed by atoms with E-state index in [2.05, 4.69) is 10.3 Å². The highest BCUT2D eigenvalue weighted by atomic mass is 35.5. The van der Waals surface area contributed by atoms with Crippen molar-refractivity contribution in [2.45, 2.75) is 31.4 Å². The molecular formula is C11H15ClN2O. The number of pyridine rings is 1. The van der Waals surface area contributed by atoms with Gasteiger partial charge in [0, 0.05) is 19.5 Å². The standard InChI is InChI=1S/C11H15ClN2O/c1-15-11-4-2-3-10(11)14-9-5-6-13-7-8(9)12/h5-7,10-11H,2-4H2,1H3,(H,13,14). The summed E-state index contributed by atoms with van der Waals surface area (Å²) in [7, 11) is 1.76. The van der Waals surface area contributed by atoms with Crippen molar-refractivity contribution >= 4 is 17.3 Å². The van der Waals surface area contributed by atoms with Gasteiger partial charge in [-0.3, -0.25) is 4.98 Å². The van der Waals surface area contributed by atoms with Gasteiger partial charge in [0.2, 0.25) is 0 Å². The largest absolute Gasteiger partial charge is 0.379 e. The van der Waals surface area contributed by atoms with Gasteiger partial charge in [0.05, 0.1) is 22.9 Å². The van der Waals surface area contributed by atoms with Crippen LogP contribution in [-0.4, -0.2) is 24.2 Å². The SMILES string of the molecule is COC1CCCC1Nc1ccncc1Cl. The molecule has 2 unspecified atom stereocenters. The maximum Gasteiger partial charge on any atom is 0.0820 e. The summed E-state index contributed by atoms with van der Waals surface area (Å²) in [6.45, 7) is 0. The van der Waals surface area contributed by atoms with Crippen LogP contribution >= 0.6 is 11.6 Å². The topological polar surface area (TPSA) is 34.1 Å². The molecule has 82 valence electrons. The second-order valence-electron chi connectivity index (χ2n) is 3.81. The predicted molar refractivity (Wildman–Crippen MR) is 61.3 cm³/mol. The summed E-state index contributed by atoms with van der Waals surface area (Å²) in [5.41, 5.74) is 0.945. The monoisotopic (exact) mass is 226 g/mol. The van der Waals surface area contributed by atoms with E-state index in [1.54, 1.807) is 19.5 Å². The van der Waals surface area contributed by atoms with Gasteiger partial charge >= 0.3 is 0 Å². The number of rotatable bonds is 3. The lowest BCUT2D eigenvalue weighted by Gasteiger charge is -2.21. The zero-order valence-electron chi connectivity index (χ0n) is 8.74. The molecule has 0 bridgehead atoms. The van der Waals surface area contributed by atoms with Crippen molar-refractivity contribution in [3.63, 3.8) is 0 Å². The van der Waals surface area contributed by atoms with Crippen molar-refractivity contribution in [1.82, 2.24) is 4.98 Å². The van der Waals surface area contributed by atoms with Crippen LogP contribution in [0.5, 0.6) is 0 Å². The second kappa shape index (κ2) is 4.81. The van der Waals surface area contributed by atoms with Gasteiger partial charge in [-0.05, 0) is 25.3 Å². The first kappa shape index (κ1) is 10.7. The molecule has 0 saturated heterocycles. The first-order valence-electron chi connectivity index (χ1n) is 5.20. The first-order valence-corrected chi connectivity index (χ1v) is 5.58. The summed E-state index contributed by atoms with van der Waals surface area (Å²) in [5, 5.41) is 4.08. The van der Waals surface area contributed by atoms with Crippen LogP contribution in [0.3, 0.4) is 0 Å². The maximum atomic E-state index is 6.03. The maximum absolute atomic E-state index is 6.03. The molecule has 4 heteroatoms. The number of hydrogen-bond donors (Lipinski definition) is 1. The Labute approximate surface area is 94.8 Å². The number of hydrogen-bond acceptors (Lipinski definition) is 3. The number of aromatic nitrogens is 1. The molecule has 15 heavy (non-hydrogen) atoms. The number of methoxy groups -OCH3 is 1. The summed E-state index contributed by atoms with van der Waals surface area (Å²) in [6.07, 6.45) is 7.16. The van der Waals surface area contributed by atoms with Crippen LogP contribution < -0.4 is 5.32 Å². The molecule has 1 N–H and O–H groups in total. The fourth-order valence-electron chi connectivity index (χ4n) is 2.07. The third-order valence-corrected chi connectivity index (χ3v) is 3.17. The lowest BCUT2D eigenvalue weighted by molar-refractivity contribution is 0.101. The second-order valence-corrected chi connectivity index (χ2v) is 4.22. The molecule has 1 aliphatic carbocycles. The van der Waals surface area contributed by atoms with E-state index in [-0.39, 0.29) is 0 Å². The van der Waals surface area contributed by atoms with Gasteiger partial charge < -0.3 is 10.1 Å². The Bertz CT molecular complexity index is 332. The molecule has 0 aromatic carbocycles. The molecule has 1 fully saturated rings. The van der Waals surface area contributed by atoms with Crippen LogP contribution in [0.25, 0.3) is 0 Å².